The van der Waals surface area contributed by atoms with E-state index in [-0.39, 0.29) is 5.97 Å². The molecule has 1 aliphatic heterocycles. The molecule has 1 unspecified atom stereocenters. The van der Waals surface area contributed by atoms with E-state index in [9.17, 15) is 4.79 Å². The second-order valence-electron chi connectivity index (χ2n) is 2.32. The van der Waals surface area contributed by atoms with E-state index in [1.165, 1.54) is 0 Å². The minimum atomic E-state index is -0.00347. The van der Waals surface area contributed by atoms with Crippen LogP contribution in [0, 0.1) is 0 Å². The lowest BCUT2D eigenvalue weighted by atomic mass is 10.2. The van der Waals surface area contributed by atoms with Gasteiger partial charge in [-0.3, -0.25) is 4.79 Å². The third kappa shape index (κ3) is 1.33. The van der Waals surface area contributed by atoms with Crippen LogP contribution in [-0.2, 0) is 9.53 Å². The summed E-state index contributed by atoms with van der Waals surface area (Å²) in [6.07, 6.45) is 1.77. The molecule has 1 saturated heterocycles. The summed E-state index contributed by atoms with van der Waals surface area (Å²) in [4.78, 5) is 10.5. The monoisotopic (exact) mass is 130 g/mol. The van der Waals surface area contributed by atoms with Crippen molar-refractivity contribution in [2.75, 3.05) is 6.61 Å². The first kappa shape index (κ1) is 5.82. The fourth-order valence-corrected chi connectivity index (χ4v) is 1.39. The molecule has 0 aromatic carbocycles. The van der Waals surface area contributed by atoms with E-state index in [2.05, 4.69) is 0 Å². The Morgan fingerprint density at radius 1 is 1.75 bits per heavy atom. The maximum Gasteiger partial charge on any atom is 0.305 e. The number of ether oxygens (including phenoxy) is 1. The topological polar surface area (TPSA) is 26.3 Å². The Hall–Kier alpha value is -0.313. The number of esters is 1. The van der Waals surface area contributed by atoms with Gasteiger partial charge in [-0.05, 0) is 12.0 Å². The van der Waals surface area contributed by atoms with Crippen LogP contribution in [0.3, 0.4) is 0 Å². The van der Waals surface area contributed by atoms with Crippen molar-refractivity contribution in [2.24, 2.45) is 0 Å². The Morgan fingerprint density at radius 2 is 2.50 bits per heavy atom. The van der Waals surface area contributed by atoms with Crippen molar-refractivity contribution in [3.63, 3.8) is 0 Å². The summed E-state index contributed by atoms with van der Waals surface area (Å²) in [5.74, 6) is -0.00347. The number of cyclic esters (lactones) is 1. The smallest absolute Gasteiger partial charge is 0.305 e. The fourth-order valence-electron chi connectivity index (χ4n) is 0.819. The Balaban J connectivity index is 2.34. The van der Waals surface area contributed by atoms with Crippen molar-refractivity contribution in [1.82, 2.24) is 0 Å². The first-order chi connectivity index (χ1) is 3.79. The molecule has 1 atom stereocenters. The van der Waals surface area contributed by atoms with Gasteiger partial charge in [-0.25, -0.2) is 0 Å². The molecule has 1 heterocycles. The summed E-state index contributed by atoms with van der Waals surface area (Å²) >= 11 is 0. The lowest BCUT2D eigenvalue weighted by Gasteiger charge is -2.16. The molecule has 1 fully saturated rings. The predicted octanol–water partition coefficient (Wildman–Crippen LogP) is -0.523. The second-order valence-corrected chi connectivity index (χ2v) is 3.95. The van der Waals surface area contributed by atoms with E-state index in [1.54, 1.807) is 0 Å². The SMILES string of the molecule is O=C1CC([SiH3])CCO1. The van der Waals surface area contributed by atoms with E-state index in [0.717, 1.165) is 16.7 Å². The van der Waals surface area contributed by atoms with Gasteiger partial charge in [-0.2, -0.15) is 0 Å². The average Bonchev–Trinajstić information content (AvgIpc) is 1.64. The first-order valence-electron chi connectivity index (χ1n) is 2.94. The largest absolute Gasteiger partial charge is 0.466 e. The van der Waals surface area contributed by atoms with Crippen LogP contribution in [0.5, 0.6) is 0 Å². The Morgan fingerprint density at radius 3 is 2.88 bits per heavy atom. The fraction of sp³-hybridized carbons (Fsp3) is 0.800. The molecule has 2 nitrogen and oxygen atoms in total. The van der Waals surface area contributed by atoms with E-state index in [0.29, 0.717) is 18.6 Å². The molecule has 8 heavy (non-hydrogen) atoms. The van der Waals surface area contributed by atoms with Gasteiger partial charge in [0.25, 0.3) is 0 Å². The zero-order chi connectivity index (χ0) is 5.98. The van der Waals surface area contributed by atoms with Gasteiger partial charge >= 0.3 is 5.97 Å². The van der Waals surface area contributed by atoms with Gasteiger partial charge in [-0.1, -0.05) is 0 Å². The van der Waals surface area contributed by atoms with Crippen LogP contribution < -0.4 is 0 Å². The minimum absolute atomic E-state index is 0.00347. The molecule has 0 N–H and O–H groups in total. The van der Waals surface area contributed by atoms with Crippen LogP contribution in [0.1, 0.15) is 12.8 Å². The summed E-state index contributed by atoms with van der Waals surface area (Å²) < 4.78 is 4.73. The molecule has 1 rings (SSSR count). The molecule has 46 valence electrons. The van der Waals surface area contributed by atoms with Crippen LogP contribution in [0.4, 0.5) is 0 Å². The Bertz CT molecular complexity index is 103. The highest BCUT2D eigenvalue weighted by atomic mass is 28.1. The molecule has 0 saturated carbocycles. The van der Waals surface area contributed by atoms with Crippen molar-refractivity contribution >= 4 is 16.2 Å². The second kappa shape index (κ2) is 2.30. The highest BCUT2D eigenvalue weighted by Crippen LogP contribution is 2.16. The molecule has 3 heteroatoms. The number of carbonyl (C=O) groups is 1. The van der Waals surface area contributed by atoms with Gasteiger partial charge in [-0.15, -0.1) is 0 Å². The van der Waals surface area contributed by atoms with Crippen LogP contribution in [0.2, 0.25) is 5.54 Å². The Labute approximate surface area is 51.6 Å². The number of carbonyl (C=O) groups excluding carboxylic acids is 1. The van der Waals surface area contributed by atoms with Gasteiger partial charge in [0.05, 0.1) is 6.61 Å². The minimum Gasteiger partial charge on any atom is -0.466 e. The summed E-state index contributed by atoms with van der Waals surface area (Å²) in [6, 6.07) is 0. The van der Waals surface area contributed by atoms with E-state index < -0.39 is 0 Å². The van der Waals surface area contributed by atoms with Crippen molar-refractivity contribution in [1.29, 1.82) is 0 Å². The molecule has 0 bridgehead atoms. The van der Waals surface area contributed by atoms with Crippen LogP contribution in [-0.4, -0.2) is 22.8 Å². The highest BCUT2D eigenvalue weighted by Gasteiger charge is 2.15. The molecule has 0 aromatic rings. The quantitative estimate of drug-likeness (QED) is 0.326. The number of hydrogen-bond acceptors (Lipinski definition) is 2. The van der Waals surface area contributed by atoms with Crippen molar-refractivity contribution in [2.45, 2.75) is 18.4 Å². The average molecular weight is 130 g/mol. The van der Waals surface area contributed by atoms with Gasteiger partial charge in [0.2, 0.25) is 0 Å². The Kier molecular flexibility index (Phi) is 1.68. The number of hydrogen-bond donors (Lipinski definition) is 0. The summed E-state index contributed by atoms with van der Waals surface area (Å²) in [5.41, 5.74) is 0.677. The predicted molar refractivity (Wildman–Crippen MR) is 33.9 cm³/mol. The molecular weight excluding hydrogens is 120 g/mol. The van der Waals surface area contributed by atoms with E-state index in [1.807, 2.05) is 0 Å². The lowest BCUT2D eigenvalue weighted by Crippen LogP contribution is -2.16. The van der Waals surface area contributed by atoms with Crippen molar-refractivity contribution < 1.29 is 9.53 Å². The van der Waals surface area contributed by atoms with Crippen LogP contribution in [0.25, 0.3) is 0 Å². The molecular formula is C5H10O2Si. The maximum absolute atomic E-state index is 10.5. The molecule has 0 aliphatic carbocycles. The summed E-state index contributed by atoms with van der Waals surface area (Å²) in [5, 5.41) is 0. The lowest BCUT2D eigenvalue weighted by molar-refractivity contribution is -0.146. The molecule has 0 aromatic heterocycles. The standard InChI is InChI=1S/C5H10O2Si/c6-5-3-4(8)1-2-7-5/h4H,1-3H2,8H3. The zero-order valence-electron chi connectivity index (χ0n) is 5.02. The normalized spacial score (nSPS) is 30.0. The summed E-state index contributed by atoms with van der Waals surface area (Å²) in [7, 11) is 1.14. The highest BCUT2D eigenvalue weighted by molar-refractivity contribution is 6.13. The van der Waals surface area contributed by atoms with E-state index >= 15 is 0 Å². The van der Waals surface area contributed by atoms with Crippen LogP contribution in [0.15, 0.2) is 0 Å². The van der Waals surface area contributed by atoms with Gasteiger partial charge < -0.3 is 4.74 Å². The molecule has 0 spiro atoms. The molecule has 0 amide bonds. The van der Waals surface area contributed by atoms with Crippen molar-refractivity contribution in [3.8, 4) is 0 Å². The third-order valence-electron chi connectivity index (χ3n) is 1.39. The van der Waals surface area contributed by atoms with E-state index in [4.69, 9.17) is 4.74 Å². The first-order valence-corrected chi connectivity index (χ1v) is 4.10. The number of rotatable bonds is 0. The zero-order valence-corrected chi connectivity index (χ0v) is 7.02. The third-order valence-corrected chi connectivity index (χ3v) is 2.37. The van der Waals surface area contributed by atoms with Gasteiger partial charge in [0.1, 0.15) is 0 Å². The van der Waals surface area contributed by atoms with Crippen molar-refractivity contribution in [3.05, 3.63) is 0 Å². The molecule has 0 radical (unpaired) electrons. The molecule has 1 aliphatic rings. The van der Waals surface area contributed by atoms with Crippen LogP contribution >= 0.6 is 0 Å². The van der Waals surface area contributed by atoms with Gasteiger partial charge in [0, 0.05) is 16.7 Å². The van der Waals surface area contributed by atoms with Gasteiger partial charge in [0.15, 0.2) is 0 Å². The summed E-state index contributed by atoms with van der Waals surface area (Å²) in [6.45, 7) is 0.660. The maximum atomic E-state index is 10.5.